The number of aliphatic imine (C=N–C) groups is 1. The minimum atomic E-state index is -0.0507. The molecule has 7 heteroatoms. The quantitative estimate of drug-likeness (QED) is 0.804. The lowest BCUT2D eigenvalue weighted by Gasteiger charge is -2.18. The number of nitrogens with one attached hydrogen (secondary N) is 1. The van der Waals surface area contributed by atoms with Gasteiger partial charge in [0.15, 0.2) is 0 Å². The van der Waals surface area contributed by atoms with Gasteiger partial charge < -0.3 is 10.1 Å². The van der Waals surface area contributed by atoms with Crippen molar-refractivity contribution < 1.29 is 9.53 Å². The number of amides is 1. The molecule has 1 aromatic heterocycles. The second kappa shape index (κ2) is 8.71. The molecule has 2 aromatic rings. The lowest BCUT2D eigenvalue weighted by atomic mass is 10.1. The first-order chi connectivity index (χ1) is 13.7. The van der Waals surface area contributed by atoms with E-state index in [0.717, 1.165) is 52.4 Å². The highest BCUT2D eigenvalue weighted by molar-refractivity contribution is 8.21. The maximum absolute atomic E-state index is 12.4. The minimum Gasteiger partial charge on any atom is -0.380 e. The van der Waals surface area contributed by atoms with Gasteiger partial charge in [0.25, 0.3) is 0 Å². The molecule has 0 saturated carbocycles. The summed E-state index contributed by atoms with van der Waals surface area (Å²) in [6, 6.07) is 8.11. The highest BCUT2D eigenvalue weighted by atomic mass is 32.2. The van der Waals surface area contributed by atoms with Crippen molar-refractivity contribution in [3.63, 3.8) is 0 Å². The number of hydrogen-bond acceptors (Lipinski definition) is 6. The second-order valence-corrected chi connectivity index (χ2v) is 7.98. The Labute approximate surface area is 168 Å². The molecule has 1 saturated heterocycles. The lowest BCUT2D eigenvalue weighted by molar-refractivity contribution is -0.117. The third-order valence-corrected chi connectivity index (χ3v) is 5.58. The molecule has 0 radical (unpaired) electrons. The first kappa shape index (κ1) is 18.9. The molecule has 1 fully saturated rings. The number of aromatic nitrogens is 1. The van der Waals surface area contributed by atoms with Crippen molar-refractivity contribution in [3.05, 3.63) is 48.0 Å². The minimum absolute atomic E-state index is 0.0507. The van der Waals surface area contributed by atoms with Crippen LogP contribution in [0.25, 0.3) is 15.7 Å². The van der Waals surface area contributed by atoms with Crippen LogP contribution in [-0.4, -0.2) is 53.7 Å². The third kappa shape index (κ3) is 4.69. The van der Waals surface area contributed by atoms with Crippen molar-refractivity contribution in [2.75, 3.05) is 38.2 Å². The van der Waals surface area contributed by atoms with E-state index < -0.39 is 0 Å². The van der Waals surface area contributed by atoms with E-state index in [0.29, 0.717) is 19.0 Å². The van der Waals surface area contributed by atoms with Gasteiger partial charge in [0.05, 0.1) is 29.3 Å². The topological polar surface area (TPSA) is 66.8 Å². The van der Waals surface area contributed by atoms with Gasteiger partial charge in [0, 0.05) is 31.3 Å². The highest BCUT2D eigenvalue weighted by Gasteiger charge is 2.14. The smallest absolute Gasteiger partial charge is 0.239 e. The van der Waals surface area contributed by atoms with Crippen LogP contribution in [0.15, 0.2) is 47.4 Å². The van der Waals surface area contributed by atoms with Crippen molar-refractivity contribution in [1.29, 1.82) is 0 Å². The van der Waals surface area contributed by atoms with Crippen molar-refractivity contribution >= 4 is 44.2 Å². The summed E-state index contributed by atoms with van der Waals surface area (Å²) >= 11 is 1.61. The zero-order chi connectivity index (χ0) is 19.3. The molecule has 3 heterocycles. The molecule has 1 N–H and O–H groups in total. The average Bonchev–Trinajstić information content (AvgIpc) is 2.96. The standard InChI is InChI=1S/C21H22N4O2S/c1-15-22-6-5-19(28-15)16-3-4-17-13-23-20(12-18(17)11-16)24-21(26)14-25-7-2-9-27-10-8-25/h3-4,6,11-13H,2,7-10,14H2,1H3,(H,23,24,26). The Morgan fingerprint density at radius 3 is 3.11 bits per heavy atom. The summed E-state index contributed by atoms with van der Waals surface area (Å²) in [5.74, 6) is 0.518. The van der Waals surface area contributed by atoms with Gasteiger partial charge >= 0.3 is 0 Å². The molecule has 6 nitrogen and oxygen atoms in total. The predicted molar refractivity (Wildman–Crippen MR) is 114 cm³/mol. The molecular formula is C21H22N4O2S. The zero-order valence-electron chi connectivity index (χ0n) is 15.8. The number of fused-ring (bicyclic) bond motifs is 1. The van der Waals surface area contributed by atoms with Crippen molar-refractivity contribution in [2.24, 2.45) is 4.99 Å². The van der Waals surface area contributed by atoms with Crippen LogP contribution < -0.4 is 5.32 Å². The monoisotopic (exact) mass is 394 g/mol. The normalized spacial score (nSPS) is 17.8. The molecule has 4 rings (SSSR count). The molecule has 2 aliphatic heterocycles. The third-order valence-electron chi connectivity index (χ3n) is 4.63. The van der Waals surface area contributed by atoms with E-state index in [1.54, 1.807) is 24.2 Å². The van der Waals surface area contributed by atoms with E-state index in [4.69, 9.17) is 4.74 Å². The van der Waals surface area contributed by atoms with Crippen LogP contribution in [0.1, 0.15) is 18.9 Å². The Hall–Kier alpha value is -2.44. The van der Waals surface area contributed by atoms with Gasteiger partial charge in [-0.05, 0) is 36.4 Å². The van der Waals surface area contributed by atoms with E-state index in [9.17, 15) is 4.79 Å². The maximum Gasteiger partial charge on any atom is 0.239 e. The molecular weight excluding hydrogens is 372 g/mol. The second-order valence-electron chi connectivity index (χ2n) is 6.77. The van der Waals surface area contributed by atoms with E-state index in [1.807, 2.05) is 19.1 Å². The van der Waals surface area contributed by atoms with Crippen LogP contribution in [0.3, 0.4) is 0 Å². The first-order valence-corrected chi connectivity index (χ1v) is 10.2. The summed E-state index contributed by atoms with van der Waals surface area (Å²) in [6.07, 6.45) is 4.45. The molecule has 0 atom stereocenters. The molecule has 0 bridgehead atoms. The summed E-state index contributed by atoms with van der Waals surface area (Å²) < 4.78 is 5.44. The molecule has 0 unspecified atom stereocenters. The largest absolute Gasteiger partial charge is 0.380 e. The molecule has 1 amide bonds. The maximum atomic E-state index is 12.4. The van der Waals surface area contributed by atoms with Crippen LogP contribution in [0.2, 0.25) is 0 Å². The number of nitrogens with zero attached hydrogens (tertiary/aromatic N) is 3. The number of thioether (sulfide) groups is 1. The summed E-state index contributed by atoms with van der Waals surface area (Å²) in [5, 5.41) is 5.98. The summed E-state index contributed by atoms with van der Waals surface area (Å²) in [7, 11) is 0. The van der Waals surface area contributed by atoms with Gasteiger partial charge in [-0.15, -0.1) is 0 Å². The summed E-state index contributed by atoms with van der Waals surface area (Å²) in [5.41, 5.74) is 4.27. The van der Waals surface area contributed by atoms with Crippen molar-refractivity contribution in [2.45, 2.75) is 13.3 Å². The Kier molecular flexibility index (Phi) is 5.88. The van der Waals surface area contributed by atoms with Gasteiger partial charge in [-0.3, -0.25) is 9.69 Å². The van der Waals surface area contributed by atoms with Gasteiger partial charge in [-0.2, -0.15) is 0 Å². The Bertz CT molecular complexity index is 987. The number of carbonyl (C=O) groups is 1. The molecule has 1 aromatic carbocycles. The molecule has 0 aliphatic carbocycles. The Balaban J connectivity index is 1.49. The van der Waals surface area contributed by atoms with E-state index in [1.165, 1.54) is 0 Å². The Morgan fingerprint density at radius 1 is 1.29 bits per heavy atom. The van der Waals surface area contributed by atoms with E-state index in [2.05, 4.69) is 38.1 Å². The number of hydrogen-bond donors (Lipinski definition) is 1. The zero-order valence-corrected chi connectivity index (χ0v) is 16.6. The number of ether oxygens (including phenoxy) is 1. The average molecular weight is 395 g/mol. The molecule has 28 heavy (non-hydrogen) atoms. The summed E-state index contributed by atoms with van der Waals surface area (Å²) in [6.45, 7) is 5.45. The fourth-order valence-electron chi connectivity index (χ4n) is 3.22. The van der Waals surface area contributed by atoms with Crippen molar-refractivity contribution in [3.8, 4) is 0 Å². The fraction of sp³-hybridized carbons (Fsp3) is 0.333. The van der Waals surface area contributed by atoms with Gasteiger partial charge in [0.1, 0.15) is 5.82 Å². The van der Waals surface area contributed by atoms with Crippen molar-refractivity contribution in [1.82, 2.24) is 9.88 Å². The number of benzene rings is 1. The molecule has 0 spiro atoms. The van der Waals surface area contributed by atoms with Crippen LogP contribution >= 0.6 is 11.8 Å². The van der Waals surface area contributed by atoms with E-state index in [-0.39, 0.29) is 5.91 Å². The van der Waals surface area contributed by atoms with Gasteiger partial charge in [0.2, 0.25) is 5.91 Å². The predicted octanol–water partition coefficient (Wildman–Crippen LogP) is 3.51. The summed E-state index contributed by atoms with van der Waals surface area (Å²) in [4.78, 5) is 24.2. The van der Waals surface area contributed by atoms with E-state index >= 15 is 0 Å². The van der Waals surface area contributed by atoms with Gasteiger partial charge in [-0.1, -0.05) is 29.6 Å². The Morgan fingerprint density at radius 2 is 2.21 bits per heavy atom. The highest BCUT2D eigenvalue weighted by Crippen LogP contribution is 2.31. The fourth-order valence-corrected chi connectivity index (χ4v) is 3.98. The SMILES string of the molecule is CC1=NC=C=C(c2ccc3cnc(NC(=O)CN4CCCOCC4)cc3c2)S1. The van der Waals surface area contributed by atoms with Crippen LogP contribution in [0.4, 0.5) is 5.82 Å². The lowest BCUT2D eigenvalue weighted by Crippen LogP contribution is -2.35. The number of anilines is 1. The van der Waals surface area contributed by atoms with Crippen LogP contribution in [0.5, 0.6) is 0 Å². The first-order valence-electron chi connectivity index (χ1n) is 9.35. The van der Waals surface area contributed by atoms with Gasteiger partial charge in [-0.25, -0.2) is 9.98 Å². The number of rotatable bonds is 4. The molecule has 144 valence electrons. The van der Waals surface area contributed by atoms with Crippen LogP contribution in [0, 0.1) is 0 Å². The van der Waals surface area contributed by atoms with Crippen LogP contribution in [-0.2, 0) is 9.53 Å². The number of pyridine rings is 1. The number of carbonyl (C=O) groups excluding carboxylic acids is 1. The molecule has 2 aliphatic rings.